The molecule has 10 heteroatoms. The summed E-state index contributed by atoms with van der Waals surface area (Å²) in [5, 5.41) is 3.10. The molecule has 2 amide bonds. The molecule has 0 aromatic heterocycles. The number of anilines is 1. The molecule has 0 spiro atoms. The first-order chi connectivity index (χ1) is 14.7. The molecule has 1 N–H and O–H groups in total. The number of rotatable bonds is 7. The minimum atomic E-state index is -3.80. The molecule has 2 aromatic rings. The molecule has 1 fully saturated rings. The van der Waals surface area contributed by atoms with Crippen LogP contribution in [-0.2, 0) is 19.6 Å². The lowest BCUT2D eigenvalue weighted by Gasteiger charge is -2.27. The third kappa shape index (κ3) is 5.17. The summed E-state index contributed by atoms with van der Waals surface area (Å²) in [5.41, 5.74) is 0.384. The van der Waals surface area contributed by atoms with Crippen LogP contribution in [0.4, 0.5) is 5.69 Å². The van der Waals surface area contributed by atoms with Crippen molar-refractivity contribution in [2.24, 2.45) is 0 Å². The van der Waals surface area contributed by atoms with Gasteiger partial charge in [0.15, 0.2) is 0 Å². The van der Waals surface area contributed by atoms with Crippen molar-refractivity contribution in [1.29, 1.82) is 0 Å². The second-order valence-corrected chi connectivity index (χ2v) is 9.50. The van der Waals surface area contributed by atoms with E-state index in [1.165, 1.54) is 35.5 Å². The Balaban J connectivity index is 1.69. The van der Waals surface area contributed by atoms with E-state index in [2.05, 4.69) is 5.32 Å². The summed E-state index contributed by atoms with van der Waals surface area (Å²) in [7, 11) is -0.860. The number of carbonyl (C=O) groups excluding carboxylic acids is 2. The molecule has 0 saturated carbocycles. The smallest absolute Gasteiger partial charge is 0.244 e. The number of hydrogen-bond acceptors (Lipinski definition) is 5. The number of nitrogens with one attached hydrogen (secondary N) is 1. The highest BCUT2D eigenvalue weighted by Crippen LogP contribution is 2.28. The first-order valence-electron chi connectivity index (χ1n) is 9.69. The summed E-state index contributed by atoms with van der Waals surface area (Å²) in [5.74, 6) is -0.445. The molecular weight excluding hydrogens is 442 g/mol. The minimum Gasteiger partial charge on any atom is -0.495 e. The Labute approximate surface area is 186 Å². The van der Waals surface area contributed by atoms with Crippen molar-refractivity contribution in [1.82, 2.24) is 9.21 Å². The third-order valence-electron chi connectivity index (χ3n) is 5.03. The van der Waals surface area contributed by atoms with Gasteiger partial charge in [-0.1, -0.05) is 29.8 Å². The predicted molar refractivity (Wildman–Crippen MR) is 118 cm³/mol. The Bertz CT molecular complexity index is 1060. The van der Waals surface area contributed by atoms with Crippen molar-refractivity contribution in [3.63, 3.8) is 0 Å². The number of carbonyl (C=O) groups is 2. The highest BCUT2D eigenvalue weighted by molar-refractivity contribution is 7.89. The minimum absolute atomic E-state index is 0.142. The summed E-state index contributed by atoms with van der Waals surface area (Å²) >= 11 is 5.98. The fourth-order valence-corrected chi connectivity index (χ4v) is 5.36. The fraction of sp³-hybridized carbons (Fsp3) is 0.333. The maximum atomic E-state index is 13.0. The van der Waals surface area contributed by atoms with Gasteiger partial charge in [-0.25, -0.2) is 8.42 Å². The van der Waals surface area contributed by atoms with Gasteiger partial charge in [-0.2, -0.15) is 4.31 Å². The third-order valence-corrected chi connectivity index (χ3v) is 7.19. The lowest BCUT2D eigenvalue weighted by molar-refractivity contribution is -0.136. The van der Waals surface area contributed by atoms with Crippen LogP contribution >= 0.6 is 11.6 Å². The van der Waals surface area contributed by atoms with Gasteiger partial charge in [0, 0.05) is 18.6 Å². The van der Waals surface area contributed by atoms with Crippen LogP contribution in [0, 0.1) is 0 Å². The highest BCUT2D eigenvalue weighted by Gasteiger charge is 2.40. The second kappa shape index (κ2) is 9.67. The molecule has 1 unspecified atom stereocenters. The summed E-state index contributed by atoms with van der Waals surface area (Å²) < 4.78 is 32.4. The van der Waals surface area contributed by atoms with Crippen LogP contribution in [0.25, 0.3) is 0 Å². The molecule has 1 atom stereocenters. The Morgan fingerprint density at radius 1 is 1.23 bits per heavy atom. The number of likely N-dealkylation sites (N-methyl/N-ethyl adjacent to an activating group) is 1. The molecule has 166 valence electrons. The van der Waals surface area contributed by atoms with Gasteiger partial charge in [-0.15, -0.1) is 0 Å². The number of ether oxygens (including phenoxy) is 1. The van der Waals surface area contributed by atoms with Crippen molar-refractivity contribution in [3.05, 3.63) is 53.6 Å². The zero-order chi connectivity index (χ0) is 22.6. The Morgan fingerprint density at radius 3 is 2.61 bits per heavy atom. The lowest BCUT2D eigenvalue weighted by Crippen LogP contribution is -2.48. The SMILES string of the molecule is COc1ccc(Cl)cc1NC(=O)CN(C)C(=O)C1CCCN1S(=O)(=O)c1ccccc1. The van der Waals surface area contributed by atoms with E-state index in [0.717, 1.165) is 0 Å². The first-order valence-corrected chi connectivity index (χ1v) is 11.5. The fourth-order valence-electron chi connectivity index (χ4n) is 3.52. The molecule has 31 heavy (non-hydrogen) atoms. The molecule has 1 saturated heterocycles. The topological polar surface area (TPSA) is 96.0 Å². The van der Waals surface area contributed by atoms with Gasteiger partial charge in [0.05, 0.1) is 24.2 Å². The summed E-state index contributed by atoms with van der Waals surface area (Å²) in [6, 6.07) is 12.0. The van der Waals surface area contributed by atoms with E-state index in [1.54, 1.807) is 36.4 Å². The van der Waals surface area contributed by atoms with Crippen molar-refractivity contribution < 1.29 is 22.7 Å². The van der Waals surface area contributed by atoms with Crippen molar-refractivity contribution in [3.8, 4) is 5.75 Å². The van der Waals surface area contributed by atoms with Crippen LogP contribution in [-0.4, -0.2) is 62.7 Å². The van der Waals surface area contributed by atoms with Crippen molar-refractivity contribution in [2.45, 2.75) is 23.8 Å². The van der Waals surface area contributed by atoms with Gasteiger partial charge in [0.25, 0.3) is 0 Å². The van der Waals surface area contributed by atoms with E-state index in [1.807, 2.05) is 0 Å². The molecule has 0 bridgehead atoms. The molecule has 2 aromatic carbocycles. The zero-order valence-electron chi connectivity index (χ0n) is 17.2. The molecule has 0 aliphatic carbocycles. The van der Waals surface area contributed by atoms with E-state index in [0.29, 0.717) is 29.3 Å². The maximum Gasteiger partial charge on any atom is 0.244 e. The largest absolute Gasteiger partial charge is 0.495 e. The van der Waals surface area contributed by atoms with Crippen LogP contribution in [0.2, 0.25) is 5.02 Å². The van der Waals surface area contributed by atoms with Gasteiger partial charge < -0.3 is 15.0 Å². The molecule has 0 radical (unpaired) electrons. The predicted octanol–water partition coefficient (Wildman–Crippen LogP) is 2.60. The zero-order valence-corrected chi connectivity index (χ0v) is 18.8. The van der Waals surface area contributed by atoms with E-state index in [4.69, 9.17) is 16.3 Å². The van der Waals surface area contributed by atoms with Gasteiger partial charge in [0.2, 0.25) is 21.8 Å². The number of hydrogen-bond donors (Lipinski definition) is 1. The molecule has 1 heterocycles. The normalized spacial score (nSPS) is 16.7. The average Bonchev–Trinajstić information content (AvgIpc) is 3.24. The van der Waals surface area contributed by atoms with Crippen molar-refractivity contribution >= 4 is 39.1 Å². The number of methoxy groups -OCH3 is 1. The monoisotopic (exact) mass is 465 g/mol. The number of halogens is 1. The van der Waals surface area contributed by atoms with Gasteiger partial charge >= 0.3 is 0 Å². The Morgan fingerprint density at radius 2 is 1.94 bits per heavy atom. The maximum absolute atomic E-state index is 13.0. The molecular formula is C21H24ClN3O5S. The standard InChI is InChI=1S/C21H24ClN3O5S/c1-24(14-20(26)23-17-13-15(22)10-11-19(17)30-2)21(27)18-9-6-12-25(18)31(28,29)16-7-4-3-5-8-16/h3-5,7-8,10-11,13,18H,6,9,12,14H2,1-2H3,(H,23,26). The average molecular weight is 466 g/mol. The van der Waals surface area contributed by atoms with E-state index in [9.17, 15) is 18.0 Å². The molecule has 3 rings (SSSR count). The first kappa shape index (κ1) is 23.1. The summed E-state index contributed by atoms with van der Waals surface area (Å²) in [4.78, 5) is 26.9. The highest BCUT2D eigenvalue weighted by atomic mass is 35.5. The second-order valence-electron chi connectivity index (χ2n) is 7.17. The van der Waals surface area contributed by atoms with Crippen molar-refractivity contribution in [2.75, 3.05) is 32.6 Å². The number of sulfonamides is 1. The van der Waals surface area contributed by atoms with Crippen LogP contribution in [0.15, 0.2) is 53.4 Å². The van der Waals surface area contributed by atoms with E-state index in [-0.39, 0.29) is 18.0 Å². The van der Waals surface area contributed by atoms with Gasteiger partial charge in [0.1, 0.15) is 11.8 Å². The summed E-state index contributed by atoms with van der Waals surface area (Å²) in [6.45, 7) is 0.0115. The van der Waals surface area contributed by atoms with Crippen LogP contribution in [0.1, 0.15) is 12.8 Å². The van der Waals surface area contributed by atoms with Gasteiger partial charge in [-0.05, 0) is 43.2 Å². The molecule has 8 nitrogen and oxygen atoms in total. The lowest BCUT2D eigenvalue weighted by atomic mass is 10.2. The van der Waals surface area contributed by atoms with Gasteiger partial charge in [-0.3, -0.25) is 9.59 Å². The molecule has 1 aliphatic rings. The quantitative estimate of drug-likeness (QED) is 0.678. The summed E-state index contributed by atoms with van der Waals surface area (Å²) in [6.07, 6.45) is 0.973. The molecule has 1 aliphatic heterocycles. The Hall–Kier alpha value is -2.62. The number of amides is 2. The number of nitrogens with zero attached hydrogens (tertiary/aromatic N) is 2. The van der Waals surface area contributed by atoms with Crippen LogP contribution < -0.4 is 10.1 Å². The number of benzene rings is 2. The van der Waals surface area contributed by atoms with Crippen LogP contribution in [0.5, 0.6) is 5.75 Å². The van der Waals surface area contributed by atoms with E-state index < -0.39 is 27.9 Å². The van der Waals surface area contributed by atoms with Crippen LogP contribution in [0.3, 0.4) is 0 Å². The Kier molecular flexibility index (Phi) is 7.19. The van der Waals surface area contributed by atoms with E-state index >= 15 is 0 Å².